The first-order valence-corrected chi connectivity index (χ1v) is 11.8. The zero-order chi connectivity index (χ0) is 24.2. The Bertz CT molecular complexity index is 1250. The number of carbonyl (C=O) groups excluding carboxylic acids is 1. The first-order valence-electron chi connectivity index (χ1n) is 11.0. The van der Waals surface area contributed by atoms with Gasteiger partial charge in [-0.2, -0.15) is 0 Å². The summed E-state index contributed by atoms with van der Waals surface area (Å²) < 4.78 is 0.890. The van der Waals surface area contributed by atoms with E-state index in [9.17, 15) is 9.59 Å². The summed E-state index contributed by atoms with van der Waals surface area (Å²) in [5.74, 6) is -0.994. The molecule has 0 unspecified atom stereocenters. The number of carbonyl (C=O) groups is 2. The lowest BCUT2D eigenvalue weighted by atomic mass is 9.98. The molecule has 3 N–H and O–H groups in total. The quantitative estimate of drug-likeness (QED) is 0.344. The summed E-state index contributed by atoms with van der Waals surface area (Å²) >= 11 is 3.47. The zero-order valence-electron chi connectivity index (χ0n) is 19.1. The van der Waals surface area contributed by atoms with E-state index in [-0.39, 0.29) is 12.3 Å². The number of carboxylic acid groups (broad SMARTS) is 1. The molecule has 174 valence electrons. The molecule has 0 radical (unpaired) electrons. The number of nitrogens with one attached hydrogen (secondary N) is 2. The Morgan fingerprint density at radius 1 is 1.00 bits per heavy atom. The summed E-state index contributed by atoms with van der Waals surface area (Å²) in [6.07, 6.45) is 0.537. The van der Waals surface area contributed by atoms with E-state index < -0.39 is 5.97 Å². The smallest absolute Gasteiger partial charge is 0.303 e. The average Bonchev–Trinajstić information content (AvgIpc) is 3.11. The van der Waals surface area contributed by atoms with Gasteiger partial charge in [0.25, 0.3) is 5.91 Å². The fraction of sp³-hybridized carbons (Fsp3) is 0.185. The monoisotopic (exact) mass is 519 g/mol. The Balaban J connectivity index is 1.74. The maximum Gasteiger partial charge on any atom is 0.303 e. The van der Waals surface area contributed by atoms with E-state index >= 15 is 0 Å². The Labute approximate surface area is 207 Å². The van der Waals surface area contributed by atoms with Crippen LogP contribution in [0.5, 0.6) is 0 Å². The third-order valence-electron chi connectivity index (χ3n) is 5.57. The van der Waals surface area contributed by atoms with Crippen LogP contribution in [0.25, 0.3) is 11.3 Å². The zero-order valence-corrected chi connectivity index (χ0v) is 20.6. The second-order valence-corrected chi connectivity index (χ2v) is 9.46. The normalized spacial score (nSPS) is 14.1. The molecule has 1 aliphatic rings. The number of halogens is 1. The molecule has 0 aromatic heterocycles. The molecule has 0 spiro atoms. The summed E-state index contributed by atoms with van der Waals surface area (Å²) in [7, 11) is 4.06. The molecule has 0 saturated heterocycles. The van der Waals surface area contributed by atoms with Gasteiger partial charge >= 0.3 is 5.97 Å². The number of fused-ring (bicyclic) bond motifs is 1. The summed E-state index contributed by atoms with van der Waals surface area (Å²) in [4.78, 5) is 26.1. The predicted octanol–water partition coefficient (Wildman–Crippen LogP) is 5.46. The molecule has 1 aliphatic heterocycles. The molecule has 6 nitrogen and oxygen atoms in total. The van der Waals surface area contributed by atoms with Crippen LogP contribution in [0.1, 0.15) is 28.7 Å². The van der Waals surface area contributed by atoms with Gasteiger partial charge in [-0.25, -0.2) is 0 Å². The SMILES string of the molecule is CN(C)Cc1ccc(N/C(=C2\C(=O)Nc3cc(Br)ccc32)c2ccc(CCC(=O)O)cc2)cc1. The summed E-state index contributed by atoms with van der Waals surface area (Å²) in [5, 5.41) is 15.4. The van der Waals surface area contributed by atoms with Crippen LogP contribution in [-0.4, -0.2) is 36.0 Å². The molecule has 4 rings (SSSR count). The van der Waals surface area contributed by atoms with Crippen LogP contribution in [0.4, 0.5) is 11.4 Å². The highest BCUT2D eigenvalue weighted by Gasteiger charge is 2.28. The van der Waals surface area contributed by atoms with E-state index in [0.29, 0.717) is 17.7 Å². The maximum atomic E-state index is 13.1. The number of amides is 1. The van der Waals surface area contributed by atoms with Crippen LogP contribution in [0.15, 0.2) is 71.2 Å². The van der Waals surface area contributed by atoms with Crippen molar-refractivity contribution < 1.29 is 14.7 Å². The van der Waals surface area contributed by atoms with E-state index in [1.54, 1.807) is 0 Å². The molecule has 3 aromatic carbocycles. The van der Waals surface area contributed by atoms with Crippen LogP contribution < -0.4 is 10.6 Å². The number of hydrogen-bond acceptors (Lipinski definition) is 4. The van der Waals surface area contributed by atoms with E-state index in [4.69, 9.17) is 5.11 Å². The second-order valence-electron chi connectivity index (χ2n) is 8.54. The van der Waals surface area contributed by atoms with E-state index in [2.05, 4.69) is 43.6 Å². The molecule has 34 heavy (non-hydrogen) atoms. The maximum absolute atomic E-state index is 13.1. The van der Waals surface area contributed by atoms with Crippen LogP contribution in [0, 0.1) is 0 Å². The number of aliphatic carboxylic acids is 1. The number of aryl methyl sites for hydroxylation is 1. The van der Waals surface area contributed by atoms with Gasteiger partial charge < -0.3 is 20.6 Å². The van der Waals surface area contributed by atoms with Crippen molar-refractivity contribution in [2.24, 2.45) is 0 Å². The molecule has 0 aliphatic carbocycles. The standard InChI is InChI=1S/C27H26BrN3O3/c1-31(2)16-18-5-11-21(12-6-18)29-26(19-8-3-17(4-9-19)7-14-24(32)33)25-22-13-10-20(28)15-23(22)30-27(25)34/h3-6,8-13,15,29H,7,14,16H2,1-2H3,(H,30,34)(H,32,33)/b26-25-. The minimum absolute atomic E-state index is 0.0789. The molecule has 1 heterocycles. The number of benzene rings is 3. The van der Waals surface area contributed by atoms with Gasteiger partial charge in [0.1, 0.15) is 0 Å². The lowest BCUT2D eigenvalue weighted by Crippen LogP contribution is -2.11. The van der Waals surface area contributed by atoms with Gasteiger partial charge in [-0.05, 0) is 61.5 Å². The summed E-state index contributed by atoms with van der Waals surface area (Å²) in [6.45, 7) is 0.844. The second kappa shape index (κ2) is 10.2. The van der Waals surface area contributed by atoms with Crippen molar-refractivity contribution in [3.8, 4) is 0 Å². The van der Waals surface area contributed by atoms with E-state index in [0.717, 1.165) is 39.1 Å². The van der Waals surface area contributed by atoms with Crippen molar-refractivity contribution in [1.29, 1.82) is 0 Å². The first-order chi connectivity index (χ1) is 16.3. The van der Waals surface area contributed by atoms with Crippen molar-refractivity contribution >= 4 is 50.5 Å². The lowest BCUT2D eigenvalue weighted by Gasteiger charge is -2.16. The number of hydrogen-bond donors (Lipinski definition) is 3. The fourth-order valence-corrected chi connectivity index (χ4v) is 4.33. The third kappa shape index (κ3) is 5.55. The summed E-state index contributed by atoms with van der Waals surface area (Å²) in [5.41, 5.74) is 6.70. The first kappa shape index (κ1) is 23.7. The Kier molecular flexibility index (Phi) is 7.14. The lowest BCUT2D eigenvalue weighted by molar-refractivity contribution is -0.137. The minimum atomic E-state index is -0.823. The van der Waals surface area contributed by atoms with Gasteiger partial charge in [0, 0.05) is 28.7 Å². The molecular weight excluding hydrogens is 494 g/mol. The van der Waals surface area contributed by atoms with Crippen molar-refractivity contribution in [3.05, 3.63) is 93.5 Å². The van der Waals surface area contributed by atoms with Crippen molar-refractivity contribution in [2.75, 3.05) is 24.7 Å². The van der Waals surface area contributed by atoms with Crippen LogP contribution in [0.2, 0.25) is 0 Å². The van der Waals surface area contributed by atoms with Gasteiger partial charge in [0.05, 0.1) is 17.0 Å². The highest BCUT2D eigenvalue weighted by atomic mass is 79.9. The highest BCUT2D eigenvalue weighted by molar-refractivity contribution is 9.10. The van der Waals surface area contributed by atoms with Gasteiger partial charge in [0.2, 0.25) is 0 Å². The fourth-order valence-electron chi connectivity index (χ4n) is 3.96. The Morgan fingerprint density at radius 2 is 1.68 bits per heavy atom. The van der Waals surface area contributed by atoms with Crippen LogP contribution in [0.3, 0.4) is 0 Å². The molecule has 7 heteroatoms. The largest absolute Gasteiger partial charge is 0.481 e. The number of rotatable bonds is 8. The predicted molar refractivity (Wildman–Crippen MR) is 139 cm³/mol. The molecule has 0 bridgehead atoms. The van der Waals surface area contributed by atoms with Crippen molar-refractivity contribution in [3.63, 3.8) is 0 Å². The van der Waals surface area contributed by atoms with Crippen molar-refractivity contribution in [2.45, 2.75) is 19.4 Å². The van der Waals surface area contributed by atoms with Gasteiger partial charge in [-0.3, -0.25) is 9.59 Å². The number of anilines is 2. The molecule has 1 amide bonds. The van der Waals surface area contributed by atoms with Gasteiger partial charge in [-0.1, -0.05) is 58.4 Å². The topological polar surface area (TPSA) is 81.7 Å². The Hall–Kier alpha value is -3.42. The van der Waals surface area contributed by atoms with Gasteiger partial charge in [0.15, 0.2) is 0 Å². The average molecular weight is 520 g/mol. The molecule has 0 saturated carbocycles. The van der Waals surface area contributed by atoms with Crippen LogP contribution in [-0.2, 0) is 22.6 Å². The minimum Gasteiger partial charge on any atom is -0.481 e. The van der Waals surface area contributed by atoms with E-state index in [1.165, 1.54) is 5.56 Å². The molecule has 3 aromatic rings. The van der Waals surface area contributed by atoms with E-state index in [1.807, 2.05) is 68.7 Å². The number of nitrogens with zero attached hydrogens (tertiary/aromatic N) is 1. The highest BCUT2D eigenvalue weighted by Crippen LogP contribution is 2.39. The summed E-state index contributed by atoms with van der Waals surface area (Å²) in [6, 6.07) is 21.6. The molecule has 0 fully saturated rings. The number of carboxylic acids is 1. The Morgan fingerprint density at radius 3 is 2.32 bits per heavy atom. The van der Waals surface area contributed by atoms with Crippen molar-refractivity contribution in [1.82, 2.24) is 4.90 Å². The van der Waals surface area contributed by atoms with Gasteiger partial charge in [-0.15, -0.1) is 0 Å². The molecule has 0 atom stereocenters. The third-order valence-corrected chi connectivity index (χ3v) is 6.06. The van der Waals surface area contributed by atoms with Crippen LogP contribution >= 0.6 is 15.9 Å². The molecular formula is C27H26BrN3O3.